The van der Waals surface area contributed by atoms with Gasteiger partial charge in [-0.3, -0.25) is 4.79 Å². The number of hydrogen-bond acceptors (Lipinski definition) is 3. The highest BCUT2D eigenvalue weighted by Crippen LogP contribution is 2.27. The molecule has 1 aliphatic rings. The van der Waals surface area contributed by atoms with Crippen molar-refractivity contribution in [2.24, 2.45) is 0 Å². The van der Waals surface area contributed by atoms with E-state index in [-0.39, 0.29) is 17.9 Å². The molecule has 1 N–H and O–H groups in total. The Labute approximate surface area is 148 Å². The van der Waals surface area contributed by atoms with Gasteiger partial charge in [0.15, 0.2) is 17.5 Å². The van der Waals surface area contributed by atoms with E-state index in [2.05, 4.69) is 5.32 Å². The topological polar surface area (TPSA) is 66.5 Å². The normalized spacial score (nSPS) is 18.0. The van der Waals surface area contributed by atoms with Crippen molar-refractivity contribution >= 4 is 21.6 Å². The van der Waals surface area contributed by atoms with Gasteiger partial charge >= 0.3 is 0 Å². The van der Waals surface area contributed by atoms with Gasteiger partial charge < -0.3 is 5.32 Å². The molecule has 9 heteroatoms. The van der Waals surface area contributed by atoms with Crippen LogP contribution in [-0.4, -0.2) is 31.2 Å². The molecule has 1 saturated heterocycles. The van der Waals surface area contributed by atoms with Crippen LogP contribution in [0.25, 0.3) is 0 Å². The Kier molecular flexibility index (Phi) is 5.01. The molecule has 0 aliphatic carbocycles. The number of sulfonamides is 1. The summed E-state index contributed by atoms with van der Waals surface area (Å²) >= 11 is 0. The summed E-state index contributed by atoms with van der Waals surface area (Å²) in [5.74, 6) is -5.42. The van der Waals surface area contributed by atoms with Gasteiger partial charge in [0.2, 0.25) is 15.9 Å². The van der Waals surface area contributed by atoms with E-state index in [0.29, 0.717) is 12.5 Å². The lowest BCUT2D eigenvalue weighted by Gasteiger charge is -2.23. The first-order valence-electron chi connectivity index (χ1n) is 7.83. The van der Waals surface area contributed by atoms with Crippen LogP contribution in [0.4, 0.5) is 18.9 Å². The number of hydrogen-bond donors (Lipinski definition) is 1. The second kappa shape index (κ2) is 7.08. The summed E-state index contributed by atoms with van der Waals surface area (Å²) in [7, 11) is -3.91. The molecule has 0 bridgehead atoms. The summed E-state index contributed by atoms with van der Waals surface area (Å²) in [4.78, 5) is 12.5. The summed E-state index contributed by atoms with van der Waals surface area (Å²) in [6, 6.07) is 8.13. The Hall–Kier alpha value is -2.39. The molecule has 2 aromatic carbocycles. The van der Waals surface area contributed by atoms with E-state index in [0.717, 1.165) is 10.4 Å². The molecule has 0 radical (unpaired) electrons. The van der Waals surface area contributed by atoms with Crippen LogP contribution in [0.2, 0.25) is 0 Å². The molecule has 5 nitrogen and oxygen atoms in total. The number of carbonyl (C=O) groups excluding carboxylic acids is 1. The fourth-order valence-corrected chi connectivity index (χ4v) is 4.53. The molecule has 1 heterocycles. The fraction of sp³-hybridized carbons (Fsp3) is 0.235. The number of anilines is 1. The van der Waals surface area contributed by atoms with Crippen LogP contribution in [0.5, 0.6) is 0 Å². The minimum absolute atomic E-state index is 0.0405. The number of amides is 1. The molecule has 138 valence electrons. The van der Waals surface area contributed by atoms with Crippen molar-refractivity contribution in [1.29, 1.82) is 0 Å². The van der Waals surface area contributed by atoms with E-state index < -0.39 is 45.1 Å². The second-order valence-corrected chi connectivity index (χ2v) is 7.69. The van der Waals surface area contributed by atoms with Crippen molar-refractivity contribution in [2.45, 2.75) is 23.8 Å². The molecule has 1 amide bonds. The maximum Gasteiger partial charge on any atom is 0.243 e. The number of rotatable bonds is 4. The molecule has 2 aromatic rings. The Morgan fingerprint density at radius 3 is 2.42 bits per heavy atom. The molecule has 1 fully saturated rings. The standard InChI is InChI=1S/C17H15F3N2O3S/c18-12-8-9-13(16(20)15(12)19)21-17(23)14-7-4-10-22(14)26(24,25)11-5-2-1-3-6-11/h1-3,5-6,8-9,14H,4,7,10H2,(H,21,23). The lowest BCUT2D eigenvalue weighted by molar-refractivity contribution is -0.119. The van der Waals surface area contributed by atoms with Gasteiger partial charge in [-0.25, -0.2) is 21.6 Å². The third-order valence-electron chi connectivity index (χ3n) is 4.15. The van der Waals surface area contributed by atoms with E-state index in [1.54, 1.807) is 18.2 Å². The lowest BCUT2D eigenvalue weighted by Crippen LogP contribution is -2.43. The summed E-state index contributed by atoms with van der Waals surface area (Å²) < 4.78 is 66.5. The quantitative estimate of drug-likeness (QED) is 0.825. The van der Waals surface area contributed by atoms with E-state index in [1.807, 2.05) is 0 Å². The first-order valence-corrected chi connectivity index (χ1v) is 9.27. The zero-order valence-corrected chi connectivity index (χ0v) is 14.3. The molecular weight excluding hydrogens is 369 g/mol. The number of halogens is 3. The maximum atomic E-state index is 13.7. The molecule has 0 spiro atoms. The van der Waals surface area contributed by atoms with E-state index >= 15 is 0 Å². The molecule has 0 saturated carbocycles. The highest BCUT2D eigenvalue weighted by molar-refractivity contribution is 7.89. The molecule has 1 unspecified atom stereocenters. The monoisotopic (exact) mass is 384 g/mol. The van der Waals surface area contributed by atoms with Gasteiger partial charge in [0.05, 0.1) is 10.6 Å². The van der Waals surface area contributed by atoms with Gasteiger partial charge in [0.25, 0.3) is 0 Å². The predicted octanol–water partition coefficient (Wildman–Crippen LogP) is 2.90. The lowest BCUT2D eigenvalue weighted by atomic mass is 10.2. The van der Waals surface area contributed by atoms with Crippen LogP contribution in [0.3, 0.4) is 0 Å². The average Bonchev–Trinajstić information content (AvgIpc) is 3.14. The highest BCUT2D eigenvalue weighted by Gasteiger charge is 2.39. The number of nitrogens with zero attached hydrogens (tertiary/aromatic N) is 1. The smallest absolute Gasteiger partial charge is 0.243 e. The number of carbonyl (C=O) groups is 1. The maximum absolute atomic E-state index is 13.7. The highest BCUT2D eigenvalue weighted by atomic mass is 32.2. The van der Waals surface area contributed by atoms with E-state index in [1.165, 1.54) is 12.1 Å². The van der Waals surface area contributed by atoms with Gasteiger partial charge in [-0.05, 0) is 37.1 Å². The van der Waals surface area contributed by atoms with Crippen molar-refractivity contribution < 1.29 is 26.4 Å². The fourth-order valence-electron chi connectivity index (χ4n) is 2.86. The average molecular weight is 384 g/mol. The predicted molar refractivity (Wildman–Crippen MR) is 88.3 cm³/mol. The molecule has 26 heavy (non-hydrogen) atoms. The minimum atomic E-state index is -3.91. The van der Waals surface area contributed by atoms with Crippen LogP contribution < -0.4 is 5.32 Å². The van der Waals surface area contributed by atoms with Crippen LogP contribution in [-0.2, 0) is 14.8 Å². The second-order valence-electron chi connectivity index (χ2n) is 5.80. The first-order chi connectivity index (χ1) is 12.3. The van der Waals surface area contributed by atoms with E-state index in [4.69, 9.17) is 0 Å². The van der Waals surface area contributed by atoms with Crippen LogP contribution in [0, 0.1) is 17.5 Å². The number of nitrogens with one attached hydrogen (secondary N) is 1. The van der Waals surface area contributed by atoms with Crippen molar-refractivity contribution in [3.8, 4) is 0 Å². The summed E-state index contributed by atoms with van der Waals surface area (Å²) in [5.41, 5.74) is -0.544. The zero-order chi connectivity index (χ0) is 18.9. The van der Waals surface area contributed by atoms with E-state index in [9.17, 15) is 26.4 Å². The van der Waals surface area contributed by atoms with Gasteiger partial charge in [0.1, 0.15) is 6.04 Å². The SMILES string of the molecule is O=C(Nc1ccc(F)c(F)c1F)C1CCCN1S(=O)(=O)c1ccccc1. The first kappa shape index (κ1) is 18.4. The Morgan fingerprint density at radius 2 is 1.73 bits per heavy atom. The molecule has 1 aliphatic heterocycles. The number of benzene rings is 2. The van der Waals surface area contributed by atoms with Crippen LogP contribution in [0.1, 0.15) is 12.8 Å². The minimum Gasteiger partial charge on any atom is -0.322 e. The summed E-state index contributed by atoms with van der Waals surface area (Å²) in [5, 5.41) is 2.15. The van der Waals surface area contributed by atoms with Gasteiger partial charge in [-0.15, -0.1) is 0 Å². The van der Waals surface area contributed by atoms with Crippen molar-refractivity contribution in [3.63, 3.8) is 0 Å². The van der Waals surface area contributed by atoms with Gasteiger partial charge in [-0.2, -0.15) is 4.31 Å². The van der Waals surface area contributed by atoms with Crippen molar-refractivity contribution in [2.75, 3.05) is 11.9 Å². The van der Waals surface area contributed by atoms with Crippen molar-refractivity contribution in [1.82, 2.24) is 4.31 Å². The van der Waals surface area contributed by atoms with Gasteiger partial charge in [-0.1, -0.05) is 18.2 Å². The largest absolute Gasteiger partial charge is 0.322 e. The van der Waals surface area contributed by atoms with Crippen LogP contribution in [0.15, 0.2) is 47.4 Å². The Morgan fingerprint density at radius 1 is 1.04 bits per heavy atom. The molecule has 3 rings (SSSR count). The molecule has 0 aromatic heterocycles. The summed E-state index contributed by atoms with van der Waals surface area (Å²) in [6.07, 6.45) is 0.688. The molecule has 1 atom stereocenters. The van der Waals surface area contributed by atoms with Crippen molar-refractivity contribution in [3.05, 3.63) is 59.9 Å². The van der Waals surface area contributed by atoms with Crippen LogP contribution >= 0.6 is 0 Å². The third kappa shape index (κ3) is 3.32. The molecular formula is C17H15F3N2O3S. The Bertz CT molecular complexity index is 936. The van der Waals surface area contributed by atoms with Gasteiger partial charge in [0, 0.05) is 6.54 Å². The zero-order valence-electron chi connectivity index (χ0n) is 13.5. The summed E-state index contributed by atoms with van der Waals surface area (Å²) in [6.45, 7) is 0.134. The Balaban J connectivity index is 1.85. The third-order valence-corrected chi connectivity index (χ3v) is 6.07.